The molecule has 1 amide bonds. The summed E-state index contributed by atoms with van der Waals surface area (Å²) in [6.45, 7) is -0.0938. The first-order chi connectivity index (χ1) is 11.1. The zero-order valence-electron chi connectivity index (χ0n) is 12.5. The zero-order chi connectivity index (χ0) is 16.2. The van der Waals surface area contributed by atoms with E-state index in [-0.39, 0.29) is 18.0 Å². The van der Waals surface area contributed by atoms with Crippen molar-refractivity contribution in [2.45, 2.75) is 6.54 Å². The average Bonchev–Trinajstić information content (AvgIpc) is 3.11. The Hall–Kier alpha value is -2.73. The fourth-order valence-electron chi connectivity index (χ4n) is 2.15. The van der Waals surface area contributed by atoms with E-state index in [4.69, 9.17) is 0 Å². The topological polar surface area (TPSA) is 55.2 Å². The third-order valence-electron chi connectivity index (χ3n) is 3.44. The van der Waals surface area contributed by atoms with Crippen molar-refractivity contribution in [1.82, 2.24) is 9.78 Å². The first kappa shape index (κ1) is 15.2. The summed E-state index contributed by atoms with van der Waals surface area (Å²) in [4.78, 5) is 26.8. The first-order valence-corrected chi connectivity index (χ1v) is 7.97. The molecule has 0 spiro atoms. The lowest BCUT2D eigenvalue weighted by molar-refractivity contribution is -0.119. The van der Waals surface area contributed by atoms with E-state index >= 15 is 0 Å². The molecule has 2 aromatic heterocycles. The van der Waals surface area contributed by atoms with Crippen LogP contribution in [0.25, 0.3) is 10.6 Å². The van der Waals surface area contributed by atoms with E-state index < -0.39 is 0 Å². The number of nitrogens with zero attached hydrogens (tertiary/aromatic N) is 3. The van der Waals surface area contributed by atoms with Crippen molar-refractivity contribution in [2.24, 2.45) is 0 Å². The highest BCUT2D eigenvalue weighted by atomic mass is 32.1. The molecule has 0 fully saturated rings. The van der Waals surface area contributed by atoms with E-state index in [2.05, 4.69) is 5.10 Å². The number of carbonyl (C=O) groups is 1. The normalized spacial score (nSPS) is 10.5. The van der Waals surface area contributed by atoms with Crippen molar-refractivity contribution in [1.29, 1.82) is 0 Å². The molecule has 116 valence electrons. The van der Waals surface area contributed by atoms with Crippen LogP contribution in [-0.2, 0) is 11.3 Å². The van der Waals surface area contributed by atoms with Gasteiger partial charge in [0, 0.05) is 18.8 Å². The highest BCUT2D eigenvalue weighted by Crippen LogP contribution is 2.21. The second-order valence-corrected chi connectivity index (χ2v) is 5.93. The number of aromatic nitrogens is 2. The lowest BCUT2D eigenvalue weighted by Crippen LogP contribution is -2.34. The maximum absolute atomic E-state index is 12.4. The van der Waals surface area contributed by atoms with Crippen molar-refractivity contribution in [3.8, 4) is 10.6 Å². The minimum atomic E-state index is -0.292. The van der Waals surface area contributed by atoms with E-state index in [1.807, 2.05) is 47.8 Å². The van der Waals surface area contributed by atoms with E-state index in [1.54, 1.807) is 13.1 Å². The molecule has 0 radical (unpaired) electrons. The van der Waals surface area contributed by atoms with E-state index in [1.165, 1.54) is 27.0 Å². The second kappa shape index (κ2) is 6.58. The number of rotatable bonds is 4. The number of hydrogen-bond acceptors (Lipinski definition) is 4. The molecule has 2 heterocycles. The lowest BCUT2D eigenvalue weighted by Gasteiger charge is -2.17. The van der Waals surface area contributed by atoms with Crippen LogP contribution in [0.4, 0.5) is 5.69 Å². The molecule has 6 heteroatoms. The molecule has 3 rings (SSSR count). The summed E-state index contributed by atoms with van der Waals surface area (Å²) in [5.41, 5.74) is 1.18. The molecule has 0 saturated heterocycles. The van der Waals surface area contributed by atoms with Gasteiger partial charge in [0.1, 0.15) is 12.2 Å². The monoisotopic (exact) mass is 325 g/mol. The third kappa shape index (κ3) is 3.37. The zero-order valence-corrected chi connectivity index (χ0v) is 13.4. The number of hydrogen-bond donors (Lipinski definition) is 0. The van der Waals surface area contributed by atoms with Crippen LogP contribution in [0.15, 0.2) is 64.8 Å². The van der Waals surface area contributed by atoms with Gasteiger partial charge in [-0.3, -0.25) is 9.59 Å². The van der Waals surface area contributed by atoms with Gasteiger partial charge in [-0.15, -0.1) is 11.3 Å². The lowest BCUT2D eigenvalue weighted by atomic mass is 10.3. The van der Waals surface area contributed by atoms with Crippen molar-refractivity contribution in [2.75, 3.05) is 11.9 Å². The summed E-state index contributed by atoms with van der Waals surface area (Å²) in [5, 5.41) is 6.24. The summed E-state index contributed by atoms with van der Waals surface area (Å²) < 4.78 is 1.21. The van der Waals surface area contributed by atoms with Crippen molar-refractivity contribution >= 4 is 22.9 Å². The summed E-state index contributed by atoms with van der Waals surface area (Å²) >= 11 is 1.54. The van der Waals surface area contributed by atoms with Crippen LogP contribution in [0.2, 0.25) is 0 Å². The minimum Gasteiger partial charge on any atom is -0.314 e. The van der Waals surface area contributed by atoms with E-state index in [0.29, 0.717) is 5.69 Å². The maximum Gasteiger partial charge on any atom is 0.267 e. The highest BCUT2D eigenvalue weighted by Gasteiger charge is 2.13. The first-order valence-electron chi connectivity index (χ1n) is 7.09. The molecule has 0 aliphatic rings. The highest BCUT2D eigenvalue weighted by molar-refractivity contribution is 7.13. The standard InChI is InChI=1S/C17H15N3O2S/c1-19(13-6-3-2-4-7-13)17(22)12-20-16(21)10-9-14(18-20)15-8-5-11-23-15/h2-11H,12H2,1H3. The number of para-hydroxylation sites is 1. The summed E-state index contributed by atoms with van der Waals surface area (Å²) in [6.07, 6.45) is 0. The summed E-state index contributed by atoms with van der Waals surface area (Å²) in [5.74, 6) is -0.200. The molecule has 23 heavy (non-hydrogen) atoms. The maximum atomic E-state index is 12.4. The number of carbonyl (C=O) groups excluding carboxylic acids is 1. The molecular formula is C17H15N3O2S. The molecule has 0 aliphatic heterocycles. The molecule has 0 saturated carbocycles. The van der Waals surface area contributed by atoms with Crippen LogP contribution in [0, 0.1) is 0 Å². The molecule has 0 atom stereocenters. The van der Waals surface area contributed by atoms with E-state index in [0.717, 1.165) is 10.6 Å². The predicted octanol–water partition coefficient (Wildman–Crippen LogP) is 2.63. The number of likely N-dealkylation sites (N-methyl/N-ethyl adjacent to an activating group) is 1. The smallest absolute Gasteiger partial charge is 0.267 e. The van der Waals surface area contributed by atoms with Crippen LogP contribution in [-0.4, -0.2) is 22.7 Å². The van der Waals surface area contributed by atoms with Crippen LogP contribution >= 0.6 is 11.3 Å². The summed E-state index contributed by atoms with van der Waals surface area (Å²) in [7, 11) is 1.69. The van der Waals surface area contributed by atoms with Gasteiger partial charge in [0.05, 0.1) is 4.88 Å². The van der Waals surface area contributed by atoms with Gasteiger partial charge in [-0.1, -0.05) is 24.3 Å². The van der Waals surface area contributed by atoms with Gasteiger partial charge in [-0.05, 0) is 29.6 Å². The molecule has 5 nitrogen and oxygen atoms in total. The number of thiophene rings is 1. The Kier molecular flexibility index (Phi) is 4.34. The number of amides is 1. The van der Waals surface area contributed by atoms with Gasteiger partial charge in [-0.2, -0.15) is 5.10 Å². The molecule has 0 N–H and O–H groups in total. The van der Waals surface area contributed by atoms with Gasteiger partial charge in [0.15, 0.2) is 0 Å². The van der Waals surface area contributed by atoms with Gasteiger partial charge < -0.3 is 4.90 Å². The number of benzene rings is 1. The van der Waals surface area contributed by atoms with Gasteiger partial charge in [0.25, 0.3) is 5.56 Å². The molecule has 3 aromatic rings. The van der Waals surface area contributed by atoms with Crippen molar-refractivity contribution in [3.05, 3.63) is 70.3 Å². The molecule has 0 bridgehead atoms. The predicted molar refractivity (Wildman–Crippen MR) is 91.7 cm³/mol. The van der Waals surface area contributed by atoms with Gasteiger partial charge >= 0.3 is 0 Å². The SMILES string of the molecule is CN(C(=O)Cn1nc(-c2cccs2)ccc1=O)c1ccccc1. The fourth-order valence-corrected chi connectivity index (χ4v) is 2.84. The Morgan fingerprint density at radius 2 is 1.91 bits per heavy atom. The average molecular weight is 325 g/mol. The quantitative estimate of drug-likeness (QED) is 0.741. The van der Waals surface area contributed by atoms with Crippen molar-refractivity contribution in [3.63, 3.8) is 0 Å². The van der Waals surface area contributed by atoms with Gasteiger partial charge in [-0.25, -0.2) is 4.68 Å². The Morgan fingerprint density at radius 3 is 2.61 bits per heavy atom. The van der Waals surface area contributed by atoms with Gasteiger partial charge in [0.2, 0.25) is 5.91 Å². The fraction of sp³-hybridized carbons (Fsp3) is 0.118. The van der Waals surface area contributed by atoms with Crippen LogP contribution in [0.5, 0.6) is 0 Å². The van der Waals surface area contributed by atoms with Crippen LogP contribution < -0.4 is 10.5 Å². The third-order valence-corrected chi connectivity index (χ3v) is 4.34. The van der Waals surface area contributed by atoms with E-state index in [9.17, 15) is 9.59 Å². The van der Waals surface area contributed by atoms with Crippen LogP contribution in [0.3, 0.4) is 0 Å². The largest absolute Gasteiger partial charge is 0.314 e. The molecule has 1 aromatic carbocycles. The Balaban J connectivity index is 1.84. The van der Waals surface area contributed by atoms with Crippen LogP contribution in [0.1, 0.15) is 0 Å². The molecule has 0 aliphatic carbocycles. The minimum absolute atomic E-state index is 0.0938. The Morgan fingerprint density at radius 1 is 1.13 bits per heavy atom. The summed E-state index contributed by atoms with van der Waals surface area (Å²) in [6, 6.07) is 16.3. The number of anilines is 1. The molecular weight excluding hydrogens is 310 g/mol. The van der Waals surface area contributed by atoms with Crippen molar-refractivity contribution < 1.29 is 4.79 Å². The second-order valence-electron chi connectivity index (χ2n) is 4.98. The Bertz CT molecular complexity index is 857. The Labute approximate surface area is 137 Å². The molecule has 0 unspecified atom stereocenters.